The number of aromatic amines is 1. The fraction of sp³-hybridized carbons (Fsp3) is 0.231. The van der Waals surface area contributed by atoms with E-state index in [1.54, 1.807) is 0 Å². The number of aromatic nitrogens is 1. The molecule has 0 saturated heterocycles. The zero-order valence-corrected chi connectivity index (χ0v) is 17.0. The molecule has 0 fully saturated rings. The Balaban J connectivity index is 1.49. The number of aryl methyl sites for hydroxylation is 2. The molecule has 0 saturated carbocycles. The van der Waals surface area contributed by atoms with Crippen molar-refractivity contribution in [3.63, 3.8) is 0 Å². The summed E-state index contributed by atoms with van der Waals surface area (Å²) < 4.78 is 6.07. The molecule has 146 valence electrons. The third kappa shape index (κ3) is 3.54. The zero-order valence-electron chi connectivity index (χ0n) is 17.0. The van der Waals surface area contributed by atoms with Crippen LogP contribution in [-0.4, -0.2) is 11.5 Å². The van der Waals surface area contributed by atoms with Crippen molar-refractivity contribution in [2.24, 2.45) is 0 Å². The van der Waals surface area contributed by atoms with Crippen LogP contribution in [0.5, 0.6) is 5.75 Å². The topological polar surface area (TPSA) is 37.0 Å². The van der Waals surface area contributed by atoms with E-state index in [-0.39, 0.29) is 6.04 Å². The predicted molar refractivity (Wildman–Crippen MR) is 119 cm³/mol. The van der Waals surface area contributed by atoms with E-state index in [9.17, 15) is 0 Å². The van der Waals surface area contributed by atoms with Crippen molar-refractivity contribution in [1.29, 1.82) is 0 Å². The molecular formula is C26H26N2O. The molecule has 2 N–H and O–H groups in total. The number of nitrogens with one attached hydrogen (secondary N) is 2. The second kappa shape index (κ2) is 7.41. The molecule has 1 unspecified atom stereocenters. The summed E-state index contributed by atoms with van der Waals surface area (Å²) in [5.74, 6) is 0.921. The quantitative estimate of drug-likeness (QED) is 0.482. The van der Waals surface area contributed by atoms with E-state index in [0.717, 1.165) is 18.7 Å². The van der Waals surface area contributed by atoms with Gasteiger partial charge in [-0.3, -0.25) is 0 Å². The first-order chi connectivity index (χ1) is 14.2. The molecule has 0 bridgehead atoms. The van der Waals surface area contributed by atoms with Crippen molar-refractivity contribution in [2.45, 2.75) is 32.9 Å². The molecule has 3 aromatic carbocycles. The van der Waals surface area contributed by atoms with Crippen LogP contribution in [0.2, 0.25) is 0 Å². The summed E-state index contributed by atoms with van der Waals surface area (Å²) in [7, 11) is 0. The average molecular weight is 383 g/mol. The summed E-state index contributed by atoms with van der Waals surface area (Å²) in [4.78, 5) is 3.69. The number of H-pyrrole nitrogens is 1. The molecule has 3 heteroatoms. The largest absolute Gasteiger partial charge is 0.489 e. The summed E-state index contributed by atoms with van der Waals surface area (Å²) in [6.07, 6.45) is 1.03. The van der Waals surface area contributed by atoms with Crippen LogP contribution in [0.25, 0.3) is 10.9 Å². The molecule has 29 heavy (non-hydrogen) atoms. The van der Waals surface area contributed by atoms with Gasteiger partial charge >= 0.3 is 0 Å². The van der Waals surface area contributed by atoms with Gasteiger partial charge in [-0.2, -0.15) is 0 Å². The standard InChI is InChI=1S/C26H26N2O/c1-17-12-18(2)14-20(13-17)25-26-22(10-11-27-25)23-15-21(8-9-24(23)28-26)29-16-19-6-4-3-5-7-19/h3-9,12-15,25,27-28H,10-11,16H2,1-2H3. The molecule has 1 aliphatic heterocycles. The monoisotopic (exact) mass is 382 g/mol. The lowest BCUT2D eigenvalue weighted by Gasteiger charge is -2.25. The molecule has 0 aliphatic carbocycles. The number of hydrogen-bond acceptors (Lipinski definition) is 2. The van der Waals surface area contributed by atoms with E-state index in [1.807, 2.05) is 18.2 Å². The molecule has 1 aliphatic rings. The maximum atomic E-state index is 6.07. The van der Waals surface area contributed by atoms with Crippen molar-refractivity contribution in [2.75, 3.05) is 6.54 Å². The van der Waals surface area contributed by atoms with E-state index in [4.69, 9.17) is 4.74 Å². The van der Waals surface area contributed by atoms with E-state index in [1.165, 1.54) is 44.4 Å². The van der Waals surface area contributed by atoms with Crippen LogP contribution < -0.4 is 10.1 Å². The minimum absolute atomic E-state index is 0.207. The maximum absolute atomic E-state index is 6.07. The number of fused-ring (bicyclic) bond motifs is 3. The number of benzene rings is 3. The second-order valence-corrected chi connectivity index (χ2v) is 8.06. The van der Waals surface area contributed by atoms with Gasteiger partial charge in [0.05, 0.1) is 6.04 Å². The molecule has 0 spiro atoms. The third-order valence-corrected chi connectivity index (χ3v) is 5.75. The fourth-order valence-electron chi connectivity index (χ4n) is 4.50. The van der Waals surface area contributed by atoms with E-state index in [0.29, 0.717) is 6.61 Å². The van der Waals surface area contributed by atoms with Crippen molar-refractivity contribution in [3.8, 4) is 5.75 Å². The Hall–Kier alpha value is -3.04. The summed E-state index contributed by atoms with van der Waals surface area (Å²) in [6, 6.07) is 23.7. The molecular weight excluding hydrogens is 356 g/mol. The van der Waals surface area contributed by atoms with Gasteiger partial charge in [0.25, 0.3) is 0 Å². The molecule has 4 aromatic rings. The maximum Gasteiger partial charge on any atom is 0.120 e. The van der Waals surface area contributed by atoms with Gasteiger partial charge in [-0.1, -0.05) is 59.7 Å². The summed E-state index contributed by atoms with van der Waals surface area (Å²) in [6.45, 7) is 5.90. The highest BCUT2D eigenvalue weighted by molar-refractivity contribution is 5.86. The molecule has 1 aromatic heterocycles. The third-order valence-electron chi connectivity index (χ3n) is 5.75. The van der Waals surface area contributed by atoms with Crippen molar-refractivity contribution in [1.82, 2.24) is 10.3 Å². The van der Waals surface area contributed by atoms with Crippen LogP contribution in [0.1, 0.15) is 39.6 Å². The molecule has 2 heterocycles. The second-order valence-electron chi connectivity index (χ2n) is 8.06. The van der Waals surface area contributed by atoms with E-state index >= 15 is 0 Å². The molecule has 5 rings (SSSR count). The molecule has 1 atom stereocenters. The summed E-state index contributed by atoms with van der Waals surface area (Å²) in [5.41, 5.74) is 9.01. The van der Waals surface area contributed by atoms with Crippen LogP contribution in [0.4, 0.5) is 0 Å². The van der Waals surface area contributed by atoms with Gasteiger partial charge in [0, 0.05) is 23.1 Å². The van der Waals surface area contributed by atoms with Crippen LogP contribution >= 0.6 is 0 Å². The van der Waals surface area contributed by atoms with Crippen LogP contribution in [0, 0.1) is 13.8 Å². The minimum atomic E-state index is 0.207. The van der Waals surface area contributed by atoms with Crippen LogP contribution in [0.3, 0.4) is 0 Å². The number of hydrogen-bond donors (Lipinski definition) is 2. The van der Waals surface area contributed by atoms with Crippen LogP contribution in [-0.2, 0) is 13.0 Å². The first-order valence-electron chi connectivity index (χ1n) is 10.3. The summed E-state index contributed by atoms with van der Waals surface area (Å²) >= 11 is 0. The van der Waals surface area contributed by atoms with Gasteiger partial charge in [-0.25, -0.2) is 0 Å². The van der Waals surface area contributed by atoms with E-state index in [2.05, 4.69) is 72.7 Å². The first-order valence-corrected chi connectivity index (χ1v) is 10.3. The summed E-state index contributed by atoms with van der Waals surface area (Å²) in [5, 5.41) is 4.98. The van der Waals surface area contributed by atoms with E-state index < -0.39 is 0 Å². The van der Waals surface area contributed by atoms with Gasteiger partial charge < -0.3 is 15.0 Å². The Morgan fingerprint density at radius 2 is 1.72 bits per heavy atom. The molecule has 3 nitrogen and oxygen atoms in total. The zero-order chi connectivity index (χ0) is 19.8. The highest BCUT2D eigenvalue weighted by Gasteiger charge is 2.25. The normalized spacial score (nSPS) is 16.0. The average Bonchev–Trinajstić information content (AvgIpc) is 3.10. The van der Waals surface area contributed by atoms with Gasteiger partial charge in [-0.05, 0) is 55.2 Å². The molecule has 0 amide bonds. The van der Waals surface area contributed by atoms with Crippen molar-refractivity contribution < 1.29 is 4.74 Å². The van der Waals surface area contributed by atoms with Gasteiger partial charge in [0.15, 0.2) is 0 Å². The van der Waals surface area contributed by atoms with Crippen molar-refractivity contribution >= 4 is 10.9 Å². The lowest BCUT2D eigenvalue weighted by Crippen LogP contribution is -2.30. The fourth-order valence-corrected chi connectivity index (χ4v) is 4.50. The Labute approximate surface area is 171 Å². The van der Waals surface area contributed by atoms with Crippen molar-refractivity contribution in [3.05, 3.63) is 100 Å². The highest BCUT2D eigenvalue weighted by Crippen LogP contribution is 2.35. The lowest BCUT2D eigenvalue weighted by molar-refractivity contribution is 0.306. The minimum Gasteiger partial charge on any atom is -0.489 e. The first kappa shape index (κ1) is 18.0. The highest BCUT2D eigenvalue weighted by atomic mass is 16.5. The molecule has 0 radical (unpaired) electrons. The van der Waals surface area contributed by atoms with Gasteiger partial charge in [0.2, 0.25) is 0 Å². The predicted octanol–water partition coefficient (Wildman–Crippen LogP) is 5.60. The Morgan fingerprint density at radius 3 is 2.52 bits per heavy atom. The Morgan fingerprint density at radius 1 is 0.931 bits per heavy atom. The van der Waals surface area contributed by atoms with Gasteiger partial charge in [0.1, 0.15) is 12.4 Å². The van der Waals surface area contributed by atoms with Crippen LogP contribution in [0.15, 0.2) is 66.7 Å². The Bertz CT molecular complexity index is 1140. The SMILES string of the molecule is Cc1cc(C)cc(C2NCCc3c2[nH]c2ccc(OCc4ccccc4)cc32)c1. The van der Waals surface area contributed by atoms with Gasteiger partial charge in [-0.15, -0.1) is 0 Å². The Kier molecular flexibility index (Phi) is 4.61. The number of rotatable bonds is 4. The number of ether oxygens (including phenoxy) is 1. The lowest BCUT2D eigenvalue weighted by atomic mass is 9.92. The smallest absolute Gasteiger partial charge is 0.120 e.